The van der Waals surface area contributed by atoms with Gasteiger partial charge in [-0.15, -0.1) is 0 Å². The van der Waals surface area contributed by atoms with Crippen LogP contribution in [0.1, 0.15) is 52.4 Å². The first kappa shape index (κ1) is 36.0. The van der Waals surface area contributed by atoms with Crippen LogP contribution in [0.25, 0.3) is 0 Å². The number of nitrogens with zero attached hydrogens (tertiary/aromatic N) is 3. The van der Waals surface area contributed by atoms with E-state index in [-0.39, 0.29) is 43.7 Å². The monoisotopic (exact) mass is 654 g/mol. The van der Waals surface area contributed by atoms with Crippen molar-refractivity contribution in [2.24, 2.45) is 17.4 Å². The Bertz CT molecular complexity index is 1130. The fraction of sp³-hybridized carbons (Fsp3) is 0.750. The van der Waals surface area contributed by atoms with Gasteiger partial charge in [0.2, 0.25) is 23.6 Å². The summed E-state index contributed by atoms with van der Waals surface area (Å²) < 4.78 is 4.94. The lowest BCUT2D eigenvalue weighted by Gasteiger charge is -2.41. The molecule has 0 bridgehead atoms. The molecule has 0 aromatic heterocycles. The minimum absolute atomic E-state index is 0.119. The van der Waals surface area contributed by atoms with E-state index >= 15 is 0 Å². The van der Waals surface area contributed by atoms with Crippen LogP contribution in [0.15, 0.2) is 0 Å². The van der Waals surface area contributed by atoms with Gasteiger partial charge < -0.3 is 37.1 Å². The van der Waals surface area contributed by atoms with Gasteiger partial charge in [-0.2, -0.15) is 12.6 Å². The van der Waals surface area contributed by atoms with E-state index in [0.29, 0.717) is 51.7 Å². The summed E-state index contributed by atoms with van der Waals surface area (Å²) in [5.74, 6) is -3.22. The van der Waals surface area contributed by atoms with E-state index in [9.17, 15) is 33.6 Å². The number of cyclic esters (lactones) is 1. The number of primary amides is 1. The lowest BCUT2D eigenvalue weighted by Crippen LogP contribution is -2.61. The summed E-state index contributed by atoms with van der Waals surface area (Å²) in [6, 6.07) is -5.31. The van der Waals surface area contributed by atoms with Crippen LogP contribution in [0.2, 0.25) is 0 Å². The molecule has 0 aromatic rings. The third kappa shape index (κ3) is 9.53. The van der Waals surface area contributed by atoms with Gasteiger partial charge in [-0.3, -0.25) is 28.9 Å². The van der Waals surface area contributed by atoms with Crippen LogP contribution in [0.5, 0.6) is 0 Å². The zero-order valence-corrected chi connectivity index (χ0v) is 26.8. The third-order valence-electron chi connectivity index (χ3n) is 8.12. The van der Waals surface area contributed by atoms with Crippen molar-refractivity contribution in [2.75, 3.05) is 45.1 Å². The second-order valence-corrected chi connectivity index (χ2v) is 12.3. The number of rotatable bonds is 16. The Labute approximate surface area is 268 Å². The molecule has 3 aliphatic rings. The number of ether oxygens (including phenoxy) is 1. The average Bonchev–Trinajstić information content (AvgIpc) is 3.51. The number of imide groups is 1. The summed E-state index contributed by atoms with van der Waals surface area (Å²) in [6.07, 6.45) is 2.10. The molecule has 3 fully saturated rings. The summed E-state index contributed by atoms with van der Waals surface area (Å²) in [4.78, 5) is 93.1. The minimum atomic E-state index is -1.18. The standard InChI is InChI=1S/C28H46N8O8S/c1-16(2)13-20(24(39)31-17(5-3-4-7-29)23(38)32-18-6-12-44-27(18)42)34-8-10-35(11-9-34)26(41)21(15-45)36-25(40)19(14-22(30)37)33-28(36)43/h16-21,45H,3-15,29H2,1-2H3,(H2,30,37)(H,31,39)(H,32,38)(H,33,43)/t17-,18?,19?,20?,21?/m1/s1. The molecule has 0 aromatic carbocycles. The number of carbonyl (C=O) groups is 7. The maximum atomic E-state index is 13.7. The Morgan fingerprint density at radius 1 is 1.04 bits per heavy atom. The molecule has 17 heteroatoms. The molecule has 252 valence electrons. The fourth-order valence-electron chi connectivity index (χ4n) is 5.72. The number of carbonyl (C=O) groups excluding carboxylic acids is 7. The van der Waals surface area contributed by atoms with Gasteiger partial charge >= 0.3 is 12.0 Å². The van der Waals surface area contributed by atoms with Crippen LogP contribution in [-0.4, -0.2) is 132 Å². The van der Waals surface area contributed by atoms with Gasteiger partial charge in [0.05, 0.1) is 19.1 Å². The highest BCUT2D eigenvalue weighted by Crippen LogP contribution is 2.20. The molecule has 4 unspecified atom stereocenters. The minimum Gasteiger partial charge on any atom is -0.464 e. The number of thiol groups is 1. The van der Waals surface area contributed by atoms with Gasteiger partial charge in [0, 0.05) is 38.4 Å². The molecule has 5 atom stereocenters. The molecule has 45 heavy (non-hydrogen) atoms. The van der Waals surface area contributed by atoms with Crippen LogP contribution < -0.4 is 27.4 Å². The highest BCUT2D eigenvalue weighted by Gasteiger charge is 2.46. The quantitative estimate of drug-likeness (QED) is 0.0451. The van der Waals surface area contributed by atoms with Crippen molar-refractivity contribution in [1.82, 2.24) is 30.7 Å². The average molecular weight is 655 g/mol. The van der Waals surface area contributed by atoms with Gasteiger partial charge in [0.25, 0.3) is 5.91 Å². The number of hydrogen-bond acceptors (Lipinski definition) is 11. The maximum absolute atomic E-state index is 13.7. The molecule has 0 spiro atoms. The van der Waals surface area contributed by atoms with E-state index in [2.05, 4.69) is 28.6 Å². The smallest absolute Gasteiger partial charge is 0.328 e. The topological polar surface area (TPSA) is 227 Å². The van der Waals surface area contributed by atoms with E-state index in [1.165, 1.54) is 4.90 Å². The Hall–Kier alpha value is -3.44. The molecule has 16 nitrogen and oxygen atoms in total. The first-order chi connectivity index (χ1) is 21.4. The van der Waals surface area contributed by atoms with Crippen molar-refractivity contribution in [3.63, 3.8) is 0 Å². The number of hydrogen-bond donors (Lipinski definition) is 6. The zero-order valence-electron chi connectivity index (χ0n) is 25.9. The molecule has 3 heterocycles. The van der Waals surface area contributed by atoms with Crippen molar-refractivity contribution >= 4 is 54.2 Å². The van der Waals surface area contributed by atoms with Crippen LogP contribution >= 0.6 is 12.6 Å². The Kier molecular flexibility index (Phi) is 13.4. The first-order valence-electron chi connectivity index (χ1n) is 15.4. The van der Waals surface area contributed by atoms with Gasteiger partial charge in [-0.1, -0.05) is 13.8 Å². The van der Waals surface area contributed by atoms with Crippen molar-refractivity contribution < 1.29 is 38.3 Å². The molecular weight excluding hydrogens is 608 g/mol. The normalized spacial score (nSPS) is 22.6. The van der Waals surface area contributed by atoms with Crippen LogP contribution in [0.3, 0.4) is 0 Å². The fourth-order valence-corrected chi connectivity index (χ4v) is 6.03. The lowest BCUT2D eigenvalue weighted by atomic mass is 9.99. The molecule has 0 radical (unpaired) electrons. The van der Waals surface area contributed by atoms with Gasteiger partial charge in [0.15, 0.2) is 0 Å². The number of nitrogens with two attached hydrogens (primary N) is 2. The van der Waals surface area contributed by atoms with Crippen LogP contribution in [0, 0.1) is 5.92 Å². The zero-order chi connectivity index (χ0) is 33.3. The first-order valence-corrected chi connectivity index (χ1v) is 16.0. The Balaban J connectivity index is 1.66. The number of piperazine rings is 1. The van der Waals surface area contributed by atoms with Crippen LogP contribution in [0.4, 0.5) is 4.79 Å². The van der Waals surface area contributed by atoms with Gasteiger partial charge in [0.1, 0.15) is 24.2 Å². The third-order valence-corrected chi connectivity index (χ3v) is 8.47. The summed E-state index contributed by atoms with van der Waals surface area (Å²) in [7, 11) is 0. The highest BCUT2D eigenvalue weighted by molar-refractivity contribution is 7.80. The van der Waals surface area contributed by atoms with E-state index in [1.807, 2.05) is 18.7 Å². The van der Waals surface area contributed by atoms with E-state index in [0.717, 1.165) is 4.90 Å². The lowest BCUT2D eigenvalue weighted by molar-refractivity contribution is -0.143. The summed E-state index contributed by atoms with van der Waals surface area (Å²) in [5, 5.41) is 7.98. The SMILES string of the molecule is CC(C)CC(C(=O)N[C@H](CCCCN)C(=O)NC1CCOC1=O)N1CCN(C(=O)C(CS)N2C(=O)NC(CC(N)=O)C2=O)CC1. The van der Waals surface area contributed by atoms with Gasteiger partial charge in [-0.05, 0) is 38.1 Å². The van der Waals surface area contributed by atoms with E-state index < -0.39 is 65.8 Å². The second kappa shape index (κ2) is 16.7. The summed E-state index contributed by atoms with van der Waals surface area (Å²) >= 11 is 4.22. The van der Waals surface area contributed by atoms with Crippen molar-refractivity contribution in [3.8, 4) is 0 Å². The molecule has 3 saturated heterocycles. The van der Waals surface area contributed by atoms with E-state index in [1.54, 1.807) is 0 Å². The number of unbranched alkanes of at least 4 members (excludes halogenated alkanes) is 1. The number of amides is 7. The molecule has 0 aliphatic carbocycles. The highest BCUT2D eigenvalue weighted by atomic mass is 32.1. The maximum Gasteiger partial charge on any atom is 0.328 e. The predicted octanol–water partition coefficient (Wildman–Crippen LogP) is -2.31. The summed E-state index contributed by atoms with van der Waals surface area (Å²) in [6.45, 7) is 5.75. The largest absolute Gasteiger partial charge is 0.464 e. The van der Waals surface area contributed by atoms with Crippen molar-refractivity contribution in [3.05, 3.63) is 0 Å². The molecule has 7 amide bonds. The summed E-state index contributed by atoms with van der Waals surface area (Å²) in [5.41, 5.74) is 10.8. The molecule has 3 rings (SSSR count). The molecule has 0 saturated carbocycles. The Morgan fingerprint density at radius 3 is 2.29 bits per heavy atom. The molecule has 7 N–H and O–H groups in total. The van der Waals surface area contributed by atoms with Gasteiger partial charge in [-0.25, -0.2) is 14.5 Å². The molecule has 3 aliphatic heterocycles. The van der Waals surface area contributed by atoms with E-state index in [4.69, 9.17) is 16.2 Å². The second-order valence-electron chi connectivity index (χ2n) is 11.9. The molecular formula is C28H46N8O8S. The number of esters is 1. The number of nitrogens with one attached hydrogen (secondary N) is 3. The van der Waals surface area contributed by atoms with Crippen molar-refractivity contribution in [2.45, 2.75) is 82.6 Å². The Morgan fingerprint density at radius 2 is 1.73 bits per heavy atom. The van der Waals surface area contributed by atoms with Crippen LogP contribution in [-0.2, 0) is 33.5 Å². The van der Waals surface area contributed by atoms with Crippen molar-refractivity contribution in [1.29, 1.82) is 0 Å². The number of urea groups is 1. The predicted molar refractivity (Wildman–Crippen MR) is 164 cm³/mol.